The molecule has 0 amide bonds. The van der Waals surface area contributed by atoms with Gasteiger partial charge in [-0.25, -0.2) is 13.1 Å². The quantitative estimate of drug-likeness (QED) is 0.716. The summed E-state index contributed by atoms with van der Waals surface area (Å²) in [7, 11) is -3.53. The van der Waals surface area contributed by atoms with Crippen LogP contribution in [0.4, 0.5) is 0 Å². The molecule has 128 valence electrons. The van der Waals surface area contributed by atoms with Crippen LogP contribution in [0, 0.1) is 0 Å². The lowest BCUT2D eigenvalue weighted by atomic mass is 10.00. The number of sulfonamides is 1. The van der Waals surface area contributed by atoms with E-state index < -0.39 is 10.0 Å². The summed E-state index contributed by atoms with van der Waals surface area (Å²) in [5.74, 6) is 0. The molecule has 25 heavy (non-hydrogen) atoms. The van der Waals surface area contributed by atoms with Gasteiger partial charge in [0.05, 0.1) is 4.90 Å². The van der Waals surface area contributed by atoms with Crippen LogP contribution in [0.25, 0.3) is 11.1 Å². The molecule has 3 nitrogen and oxygen atoms in total. The molecule has 3 aromatic rings. The van der Waals surface area contributed by atoms with Crippen molar-refractivity contribution in [2.75, 3.05) is 0 Å². The van der Waals surface area contributed by atoms with Crippen LogP contribution < -0.4 is 4.72 Å². The van der Waals surface area contributed by atoms with Gasteiger partial charge < -0.3 is 0 Å². The zero-order valence-corrected chi connectivity index (χ0v) is 15.0. The highest BCUT2D eigenvalue weighted by Gasteiger charge is 2.14. The Balaban J connectivity index is 1.81. The van der Waals surface area contributed by atoms with E-state index in [-0.39, 0.29) is 6.54 Å². The second kappa shape index (κ2) is 7.64. The average Bonchev–Trinajstić information content (AvgIpc) is 2.67. The fraction of sp³-hybridized carbons (Fsp3) is 0.143. The van der Waals surface area contributed by atoms with Crippen LogP contribution in [0.1, 0.15) is 18.1 Å². The summed E-state index contributed by atoms with van der Waals surface area (Å²) in [6.07, 6.45) is 0.887. The molecule has 0 saturated carbocycles. The van der Waals surface area contributed by atoms with Gasteiger partial charge in [0.25, 0.3) is 0 Å². The van der Waals surface area contributed by atoms with Crippen LogP contribution in [0.5, 0.6) is 0 Å². The zero-order valence-electron chi connectivity index (χ0n) is 14.1. The number of hydrogen-bond acceptors (Lipinski definition) is 2. The molecule has 0 bridgehead atoms. The number of aryl methyl sites for hydroxylation is 1. The molecule has 0 heterocycles. The van der Waals surface area contributed by atoms with Crippen LogP contribution in [-0.2, 0) is 23.0 Å². The first kappa shape index (κ1) is 17.4. The van der Waals surface area contributed by atoms with Crippen LogP contribution in [0.3, 0.4) is 0 Å². The predicted molar refractivity (Wildman–Crippen MR) is 102 cm³/mol. The third kappa shape index (κ3) is 4.16. The Morgan fingerprint density at radius 1 is 0.800 bits per heavy atom. The summed E-state index contributed by atoms with van der Waals surface area (Å²) in [6, 6.07) is 24.8. The van der Waals surface area contributed by atoms with Crippen molar-refractivity contribution in [3.05, 3.63) is 90.0 Å². The lowest BCUT2D eigenvalue weighted by Crippen LogP contribution is -2.23. The van der Waals surface area contributed by atoms with E-state index >= 15 is 0 Å². The van der Waals surface area contributed by atoms with Crippen molar-refractivity contribution in [2.45, 2.75) is 24.8 Å². The van der Waals surface area contributed by atoms with Crippen LogP contribution in [-0.4, -0.2) is 8.42 Å². The molecular weight excluding hydrogens is 330 g/mol. The van der Waals surface area contributed by atoms with Crippen molar-refractivity contribution in [3.63, 3.8) is 0 Å². The molecule has 0 aliphatic carbocycles. The Morgan fingerprint density at radius 3 is 2.12 bits per heavy atom. The normalized spacial score (nSPS) is 11.4. The van der Waals surface area contributed by atoms with Crippen molar-refractivity contribution in [1.29, 1.82) is 0 Å². The molecule has 0 unspecified atom stereocenters. The molecule has 0 radical (unpaired) electrons. The van der Waals surface area contributed by atoms with Gasteiger partial charge in [0.1, 0.15) is 0 Å². The maximum atomic E-state index is 12.5. The van der Waals surface area contributed by atoms with Gasteiger partial charge in [-0.15, -0.1) is 0 Å². The molecule has 0 saturated heterocycles. The molecule has 3 aromatic carbocycles. The second-order valence-corrected chi connectivity index (χ2v) is 7.61. The van der Waals surface area contributed by atoms with E-state index in [0.29, 0.717) is 4.90 Å². The van der Waals surface area contributed by atoms with Crippen molar-refractivity contribution < 1.29 is 8.42 Å². The van der Waals surface area contributed by atoms with Gasteiger partial charge in [0.2, 0.25) is 10.0 Å². The SMILES string of the molecule is CCc1ccc(S(=O)(=O)NCc2ccccc2-c2ccccc2)cc1. The lowest BCUT2D eigenvalue weighted by Gasteiger charge is -2.12. The predicted octanol–water partition coefficient (Wildman–Crippen LogP) is 4.39. The van der Waals surface area contributed by atoms with Crippen molar-refractivity contribution in [2.24, 2.45) is 0 Å². The first-order valence-corrected chi connectivity index (χ1v) is 9.80. The second-order valence-electron chi connectivity index (χ2n) is 5.85. The van der Waals surface area contributed by atoms with Crippen LogP contribution in [0.2, 0.25) is 0 Å². The smallest absolute Gasteiger partial charge is 0.207 e. The number of nitrogens with one attached hydrogen (secondary N) is 1. The fourth-order valence-corrected chi connectivity index (χ4v) is 3.74. The third-order valence-electron chi connectivity index (χ3n) is 4.20. The summed E-state index contributed by atoms with van der Waals surface area (Å²) in [5, 5.41) is 0. The van der Waals surface area contributed by atoms with E-state index in [0.717, 1.165) is 28.7 Å². The van der Waals surface area contributed by atoms with E-state index in [9.17, 15) is 8.42 Å². The largest absolute Gasteiger partial charge is 0.240 e. The van der Waals surface area contributed by atoms with Crippen molar-refractivity contribution in [3.8, 4) is 11.1 Å². The van der Waals surface area contributed by atoms with E-state index in [1.165, 1.54) is 0 Å². The molecule has 0 aliphatic rings. The molecule has 3 rings (SSSR count). The van der Waals surface area contributed by atoms with Gasteiger partial charge in [-0.05, 0) is 40.8 Å². The van der Waals surface area contributed by atoms with Gasteiger partial charge in [-0.2, -0.15) is 0 Å². The Kier molecular flexibility index (Phi) is 5.31. The number of hydrogen-bond donors (Lipinski definition) is 1. The first-order valence-electron chi connectivity index (χ1n) is 8.32. The molecule has 0 aromatic heterocycles. The topological polar surface area (TPSA) is 46.2 Å². The Bertz CT molecular complexity index is 933. The van der Waals surface area contributed by atoms with E-state index in [4.69, 9.17) is 0 Å². The van der Waals surface area contributed by atoms with Gasteiger partial charge in [-0.1, -0.05) is 73.7 Å². The molecule has 4 heteroatoms. The highest BCUT2D eigenvalue weighted by Crippen LogP contribution is 2.23. The summed E-state index contributed by atoms with van der Waals surface area (Å²) in [4.78, 5) is 0.293. The third-order valence-corrected chi connectivity index (χ3v) is 5.61. The highest BCUT2D eigenvalue weighted by atomic mass is 32.2. The Morgan fingerprint density at radius 2 is 1.44 bits per heavy atom. The van der Waals surface area contributed by atoms with Gasteiger partial charge >= 0.3 is 0 Å². The first-order chi connectivity index (χ1) is 12.1. The summed E-state index contributed by atoms with van der Waals surface area (Å²) < 4.78 is 27.8. The van der Waals surface area contributed by atoms with Crippen LogP contribution >= 0.6 is 0 Å². The van der Waals surface area contributed by atoms with Gasteiger partial charge in [0.15, 0.2) is 0 Å². The van der Waals surface area contributed by atoms with Crippen molar-refractivity contribution >= 4 is 10.0 Å². The average molecular weight is 351 g/mol. The molecule has 0 atom stereocenters. The highest BCUT2D eigenvalue weighted by molar-refractivity contribution is 7.89. The fourth-order valence-electron chi connectivity index (χ4n) is 2.73. The number of benzene rings is 3. The maximum absolute atomic E-state index is 12.5. The summed E-state index contributed by atoms with van der Waals surface area (Å²) >= 11 is 0. The molecule has 0 spiro atoms. The minimum absolute atomic E-state index is 0.253. The van der Waals surface area contributed by atoms with Gasteiger partial charge in [-0.3, -0.25) is 0 Å². The van der Waals surface area contributed by atoms with Crippen molar-refractivity contribution in [1.82, 2.24) is 4.72 Å². The minimum Gasteiger partial charge on any atom is -0.207 e. The summed E-state index contributed by atoms with van der Waals surface area (Å²) in [6.45, 7) is 2.30. The zero-order chi connectivity index (χ0) is 17.7. The van der Waals surface area contributed by atoms with E-state index in [1.807, 2.05) is 73.7 Å². The molecule has 0 fully saturated rings. The van der Waals surface area contributed by atoms with E-state index in [1.54, 1.807) is 12.1 Å². The monoisotopic (exact) mass is 351 g/mol. The molecule has 0 aliphatic heterocycles. The Labute approximate surface area is 149 Å². The van der Waals surface area contributed by atoms with Crippen LogP contribution in [0.15, 0.2) is 83.8 Å². The lowest BCUT2D eigenvalue weighted by molar-refractivity contribution is 0.581. The standard InChI is InChI=1S/C21H21NO2S/c1-2-17-12-14-20(15-13-17)25(23,24)22-16-19-10-6-7-11-21(19)18-8-4-3-5-9-18/h3-15,22H,2,16H2,1H3. The number of rotatable bonds is 6. The molecule has 1 N–H and O–H groups in total. The van der Waals surface area contributed by atoms with Gasteiger partial charge in [0, 0.05) is 6.54 Å². The van der Waals surface area contributed by atoms with E-state index in [2.05, 4.69) is 4.72 Å². The Hall–Kier alpha value is -2.43. The maximum Gasteiger partial charge on any atom is 0.240 e. The molecular formula is C21H21NO2S. The summed E-state index contributed by atoms with van der Waals surface area (Å²) in [5.41, 5.74) is 4.17. The minimum atomic E-state index is -3.53.